The van der Waals surface area contributed by atoms with Gasteiger partial charge in [-0.15, -0.1) is 10.2 Å². The van der Waals surface area contributed by atoms with Crippen LogP contribution in [0.3, 0.4) is 0 Å². The number of rotatable bonds is 4. The van der Waals surface area contributed by atoms with Crippen molar-refractivity contribution >= 4 is 19.7 Å². The van der Waals surface area contributed by atoms with Crippen LogP contribution in [-0.2, 0) is 15.6 Å². The first-order valence-corrected chi connectivity index (χ1v) is 7.88. The number of aromatic nitrogens is 3. The fourth-order valence-corrected chi connectivity index (χ4v) is 2.63. The summed E-state index contributed by atoms with van der Waals surface area (Å²) in [5.41, 5.74) is 0.578. The Morgan fingerprint density at radius 1 is 1.26 bits per heavy atom. The van der Waals surface area contributed by atoms with Crippen molar-refractivity contribution in [3.8, 4) is 11.4 Å². The van der Waals surface area contributed by atoms with Gasteiger partial charge in [0.2, 0.25) is 0 Å². The van der Waals surface area contributed by atoms with Crippen molar-refractivity contribution in [1.29, 1.82) is 0 Å². The van der Waals surface area contributed by atoms with Crippen LogP contribution in [0.15, 0.2) is 29.4 Å². The molecule has 0 spiro atoms. The molecule has 0 aliphatic rings. The lowest BCUT2D eigenvalue weighted by molar-refractivity contribution is 0.570. The molecule has 0 aliphatic heterocycles. The molecule has 1 heterocycles. The summed E-state index contributed by atoms with van der Waals surface area (Å²) in [5.74, 6) is -0.0310. The molecule has 2 aromatic rings. The summed E-state index contributed by atoms with van der Waals surface area (Å²) in [7, 11) is 1.35. The molecule has 8 heteroatoms. The summed E-state index contributed by atoms with van der Waals surface area (Å²) in [6.07, 6.45) is 0.686. The Morgan fingerprint density at radius 3 is 2.42 bits per heavy atom. The molecule has 0 N–H and O–H groups in total. The lowest BCUT2D eigenvalue weighted by Crippen LogP contribution is -2.07. The highest BCUT2D eigenvalue weighted by Crippen LogP contribution is 2.23. The second-order valence-corrected chi connectivity index (χ2v) is 6.36. The van der Waals surface area contributed by atoms with Crippen LogP contribution in [0.5, 0.6) is 0 Å². The molecule has 1 aromatic carbocycles. The van der Waals surface area contributed by atoms with Crippen molar-refractivity contribution < 1.29 is 12.8 Å². The molecule has 0 atom stereocenters. The van der Waals surface area contributed by atoms with E-state index in [0.717, 1.165) is 0 Å². The molecule has 102 valence electrons. The van der Waals surface area contributed by atoms with Crippen molar-refractivity contribution in [3.63, 3.8) is 0 Å². The van der Waals surface area contributed by atoms with Crippen LogP contribution >= 0.6 is 10.7 Å². The zero-order valence-electron chi connectivity index (χ0n) is 10.0. The fraction of sp³-hybridized carbons (Fsp3) is 0.273. The van der Waals surface area contributed by atoms with Crippen LogP contribution in [0, 0.1) is 5.82 Å². The Balaban J connectivity index is 2.58. The van der Waals surface area contributed by atoms with Gasteiger partial charge < -0.3 is 0 Å². The van der Waals surface area contributed by atoms with Gasteiger partial charge in [0, 0.05) is 22.8 Å². The highest BCUT2D eigenvalue weighted by Gasteiger charge is 2.22. The average Bonchev–Trinajstić information content (AvgIpc) is 2.74. The number of nitrogens with zero attached hydrogens (tertiary/aromatic N) is 3. The molecule has 0 fully saturated rings. The minimum absolute atomic E-state index is 0.296. The van der Waals surface area contributed by atoms with Gasteiger partial charge in [-0.3, -0.25) is 4.57 Å². The van der Waals surface area contributed by atoms with E-state index in [-0.39, 0.29) is 11.0 Å². The lowest BCUT2D eigenvalue weighted by Gasteiger charge is -2.07. The van der Waals surface area contributed by atoms with Crippen LogP contribution < -0.4 is 0 Å². The predicted octanol–water partition coefficient (Wildman–Crippen LogP) is 2.42. The monoisotopic (exact) mass is 303 g/mol. The third kappa shape index (κ3) is 2.93. The van der Waals surface area contributed by atoms with E-state index in [9.17, 15) is 12.8 Å². The van der Waals surface area contributed by atoms with Crippen molar-refractivity contribution in [3.05, 3.63) is 30.1 Å². The molecule has 0 amide bonds. The van der Waals surface area contributed by atoms with E-state index in [4.69, 9.17) is 10.7 Å². The molecule has 0 bridgehead atoms. The molecule has 0 aliphatic carbocycles. The molecular weight excluding hydrogens is 293 g/mol. The van der Waals surface area contributed by atoms with Gasteiger partial charge in [-0.2, -0.15) is 0 Å². The number of halogens is 2. The summed E-state index contributed by atoms with van der Waals surface area (Å²) in [6, 6.07) is 5.57. The van der Waals surface area contributed by atoms with Gasteiger partial charge in [-0.05, 0) is 30.7 Å². The third-order valence-electron chi connectivity index (χ3n) is 2.48. The van der Waals surface area contributed by atoms with Crippen LogP contribution in [0.25, 0.3) is 11.4 Å². The molecule has 19 heavy (non-hydrogen) atoms. The van der Waals surface area contributed by atoms with Gasteiger partial charge in [0.15, 0.2) is 5.82 Å². The lowest BCUT2D eigenvalue weighted by atomic mass is 10.2. The van der Waals surface area contributed by atoms with E-state index in [2.05, 4.69) is 10.2 Å². The summed E-state index contributed by atoms with van der Waals surface area (Å²) in [5, 5.41) is 7.14. The van der Waals surface area contributed by atoms with E-state index in [1.165, 1.54) is 28.8 Å². The second kappa shape index (κ2) is 5.26. The molecule has 0 radical (unpaired) electrons. The van der Waals surface area contributed by atoms with E-state index in [0.29, 0.717) is 24.4 Å². The van der Waals surface area contributed by atoms with Crippen molar-refractivity contribution in [1.82, 2.24) is 14.8 Å². The zero-order chi connectivity index (χ0) is 14.0. The highest BCUT2D eigenvalue weighted by atomic mass is 35.7. The van der Waals surface area contributed by atoms with E-state index in [1.807, 2.05) is 6.92 Å². The molecule has 0 unspecified atom stereocenters. The summed E-state index contributed by atoms with van der Waals surface area (Å²) >= 11 is 0. The molecule has 0 saturated heterocycles. The van der Waals surface area contributed by atoms with Crippen molar-refractivity contribution in [2.24, 2.45) is 0 Å². The maximum Gasteiger partial charge on any atom is 0.296 e. The Morgan fingerprint density at radius 2 is 1.89 bits per heavy atom. The minimum atomic E-state index is -3.96. The maximum atomic E-state index is 12.9. The Bertz CT molecular complexity index is 682. The second-order valence-electron chi connectivity index (χ2n) is 3.90. The smallest absolute Gasteiger partial charge is 0.296 e. The molecule has 2 rings (SSSR count). The standard InChI is InChI=1S/C11H11ClFN3O2S/c1-2-7-16-10(8-3-5-9(13)6-4-8)14-15-11(16)19(12,17)18/h3-6H,2,7H2,1H3. The Hall–Kier alpha value is -1.47. The summed E-state index contributed by atoms with van der Waals surface area (Å²) < 4.78 is 37.1. The number of hydrogen-bond acceptors (Lipinski definition) is 4. The first kappa shape index (κ1) is 14.0. The topological polar surface area (TPSA) is 64.8 Å². The fourth-order valence-electron chi connectivity index (χ4n) is 1.71. The average molecular weight is 304 g/mol. The quantitative estimate of drug-likeness (QED) is 0.814. The molecule has 5 nitrogen and oxygen atoms in total. The summed E-state index contributed by atoms with van der Waals surface area (Å²) in [4.78, 5) is 0. The van der Waals surface area contributed by atoms with Crippen LogP contribution in [0.2, 0.25) is 0 Å². The Kier molecular flexibility index (Phi) is 3.86. The van der Waals surface area contributed by atoms with Gasteiger partial charge in [-0.25, -0.2) is 12.8 Å². The maximum absolute atomic E-state index is 12.9. The van der Waals surface area contributed by atoms with Crippen LogP contribution in [0.1, 0.15) is 13.3 Å². The van der Waals surface area contributed by atoms with Crippen LogP contribution in [0.4, 0.5) is 4.39 Å². The van der Waals surface area contributed by atoms with Gasteiger partial charge >= 0.3 is 0 Å². The Labute approximate surface area is 114 Å². The number of benzene rings is 1. The first-order chi connectivity index (χ1) is 8.93. The molecule has 0 saturated carbocycles. The van der Waals surface area contributed by atoms with Gasteiger partial charge in [-0.1, -0.05) is 6.92 Å². The van der Waals surface area contributed by atoms with Gasteiger partial charge in [0.1, 0.15) is 5.82 Å². The molecule has 1 aromatic heterocycles. The number of hydrogen-bond donors (Lipinski definition) is 0. The van der Waals surface area contributed by atoms with E-state index >= 15 is 0 Å². The zero-order valence-corrected chi connectivity index (χ0v) is 11.6. The SMILES string of the molecule is CCCn1c(-c2ccc(F)cc2)nnc1S(=O)(=O)Cl. The van der Waals surface area contributed by atoms with Gasteiger partial charge in [0.05, 0.1) is 0 Å². The third-order valence-corrected chi connectivity index (χ3v) is 3.64. The van der Waals surface area contributed by atoms with Crippen molar-refractivity contribution in [2.45, 2.75) is 25.0 Å². The minimum Gasteiger partial charge on any atom is -0.297 e. The normalized spacial score (nSPS) is 11.7. The summed E-state index contributed by atoms with van der Waals surface area (Å²) in [6.45, 7) is 2.29. The first-order valence-electron chi connectivity index (χ1n) is 5.57. The molecular formula is C11H11ClFN3O2S. The van der Waals surface area contributed by atoms with E-state index < -0.39 is 9.05 Å². The van der Waals surface area contributed by atoms with Gasteiger partial charge in [0.25, 0.3) is 14.2 Å². The largest absolute Gasteiger partial charge is 0.297 e. The van der Waals surface area contributed by atoms with Crippen LogP contribution in [-0.4, -0.2) is 23.2 Å². The highest BCUT2D eigenvalue weighted by molar-refractivity contribution is 8.13. The van der Waals surface area contributed by atoms with Crippen molar-refractivity contribution in [2.75, 3.05) is 0 Å². The van der Waals surface area contributed by atoms with E-state index in [1.54, 1.807) is 0 Å². The predicted molar refractivity (Wildman–Crippen MR) is 68.7 cm³/mol.